The zero-order valence-electron chi connectivity index (χ0n) is 12.3. The predicted molar refractivity (Wildman–Crippen MR) is 80.5 cm³/mol. The molecule has 0 heterocycles. The molecule has 0 unspecified atom stereocenters. The second-order valence-electron chi connectivity index (χ2n) is 5.59. The zero-order chi connectivity index (χ0) is 13.5. The van der Waals surface area contributed by atoms with E-state index in [-0.39, 0.29) is 0 Å². The van der Waals surface area contributed by atoms with Gasteiger partial charge < -0.3 is 10.1 Å². The molecule has 0 bridgehead atoms. The van der Waals surface area contributed by atoms with Gasteiger partial charge in [0.05, 0.1) is 6.61 Å². The van der Waals surface area contributed by atoms with Crippen molar-refractivity contribution in [2.45, 2.75) is 58.5 Å². The first-order valence-corrected chi connectivity index (χ1v) is 7.77. The maximum absolute atomic E-state index is 5.54. The topological polar surface area (TPSA) is 21.3 Å². The largest absolute Gasteiger partial charge is 0.494 e. The van der Waals surface area contributed by atoms with Crippen molar-refractivity contribution in [3.63, 3.8) is 0 Å². The number of ether oxygens (including phenoxy) is 1. The lowest BCUT2D eigenvalue weighted by Gasteiger charge is -2.28. The highest BCUT2D eigenvalue weighted by Crippen LogP contribution is 2.26. The third kappa shape index (κ3) is 4.54. The molecule has 0 aromatic heterocycles. The van der Waals surface area contributed by atoms with Gasteiger partial charge in [-0.1, -0.05) is 25.5 Å². The van der Waals surface area contributed by atoms with Crippen LogP contribution in [0.15, 0.2) is 24.3 Å². The van der Waals surface area contributed by atoms with Crippen molar-refractivity contribution in [3.8, 4) is 5.75 Å². The summed E-state index contributed by atoms with van der Waals surface area (Å²) < 4.78 is 5.54. The molecule has 1 fully saturated rings. The number of hydrogen-bond donors (Lipinski definition) is 1. The summed E-state index contributed by atoms with van der Waals surface area (Å²) in [5.74, 6) is 1.95. The summed E-state index contributed by atoms with van der Waals surface area (Å²) in [6.45, 7) is 6.04. The van der Waals surface area contributed by atoms with Crippen LogP contribution in [0.1, 0.15) is 51.5 Å². The van der Waals surface area contributed by atoms with E-state index in [1.807, 2.05) is 13.0 Å². The van der Waals surface area contributed by atoms with Crippen LogP contribution in [0.3, 0.4) is 0 Å². The van der Waals surface area contributed by atoms with E-state index in [2.05, 4.69) is 30.4 Å². The van der Waals surface area contributed by atoms with Gasteiger partial charge >= 0.3 is 0 Å². The number of nitrogens with one attached hydrogen (secondary N) is 1. The highest BCUT2D eigenvalue weighted by molar-refractivity contribution is 5.28. The minimum atomic E-state index is 0.707. The van der Waals surface area contributed by atoms with Crippen LogP contribution in [0.4, 0.5) is 0 Å². The molecular weight excluding hydrogens is 234 g/mol. The fraction of sp³-hybridized carbons (Fsp3) is 0.647. The molecule has 1 N–H and O–H groups in total. The molecule has 0 saturated heterocycles. The molecule has 19 heavy (non-hydrogen) atoms. The molecule has 0 aliphatic heterocycles. The molecule has 2 heteroatoms. The van der Waals surface area contributed by atoms with Crippen LogP contribution in [-0.2, 0) is 6.54 Å². The van der Waals surface area contributed by atoms with Crippen molar-refractivity contribution < 1.29 is 4.74 Å². The Morgan fingerprint density at radius 3 is 2.63 bits per heavy atom. The van der Waals surface area contributed by atoms with Crippen LogP contribution >= 0.6 is 0 Å². The summed E-state index contributed by atoms with van der Waals surface area (Å²) >= 11 is 0. The summed E-state index contributed by atoms with van der Waals surface area (Å²) in [7, 11) is 0. The lowest BCUT2D eigenvalue weighted by atomic mass is 9.84. The van der Waals surface area contributed by atoms with Crippen LogP contribution in [0.5, 0.6) is 5.75 Å². The Morgan fingerprint density at radius 2 is 1.95 bits per heavy atom. The van der Waals surface area contributed by atoms with Crippen molar-refractivity contribution in [2.75, 3.05) is 6.61 Å². The molecule has 0 amide bonds. The smallest absolute Gasteiger partial charge is 0.119 e. The third-order valence-corrected chi connectivity index (χ3v) is 4.23. The molecule has 0 atom stereocenters. The lowest BCUT2D eigenvalue weighted by molar-refractivity contribution is 0.285. The van der Waals surface area contributed by atoms with E-state index in [1.54, 1.807) is 0 Å². The van der Waals surface area contributed by atoms with E-state index < -0.39 is 0 Å². The third-order valence-electron chi connectivity index (χ3n) is 4.23. The van der Waals surface area contributed by atoms with Crippen molar-refractivity contribution in [2.24, 2.45) is 5.92 Å². The van der Waals surface area contributed by atoms with E-state index in [4.69, 9.17) is 4.74 Å². The van der Waals surface area contributed by atoms with Crippen molar-refractivity contribution >= 4 is 0 Å². The monoisotopic (exact) mass is 261 g/mol. The van der Waals surface area contributed by atoms with E-state index in [1.165, 1.54) is 37.7 Å². The van der Waals surface area contributed by atoms with Gasteiger partial charge in [-0.05, 0) is 56.2 Å². The number of rotatable bonds is 6. The van der Waals surface area contributed by atoms with Gasteiger partial charge in [0.2, 0.25) is 0 Å². The van der Waals surface area contributed by atoms with Crippen LogP contribution in [-0.4, -0.2) is 12.6 Å². The molecular formula is C17H27NO. The van der Waals surface area contributed by atoms with Gasteiger partial charge in [-0.2, -0.15) is 0 Å². The summed E-state index contributed by atoms with van der Waals surface area (Å²) in [5, 5.41) is 3.70. The van der Waals surface area contributed by atoms with Crippen molar-refractivity contribution in [1.29, 1.82) is 0 Å². The zero-order valence-corrected chi connectivity index (χ0v) is 12.3. The molecule has 1 aromatic rings. The van der Waals surface area contributed by atoms with E-state index >= 15 is 0 Å². The SMILES string of the molecule is CCOc1cccc(CNC2CCC(CC)CC2)c1. The van der Waals surface area contributed by atoms with Crippen LogP contribution in [0, 0.1) is 5.92 Å². The first-order valence-electron chi connectivity index (χ1n) is 7.77. The summed E-state index contributed by atoms with van der Waals surface area (Å²) in [5.41, 5.74) is 1.32. The predicted octanol–water partition coefficient (Wildman–Crippen LogP) is 4.14. The quantitative estimate of drug-likeness (QED) is 0.831. The lowest BCUT2D eigenvalue weighted by Crippen LogP contribution is -2.32. The normalized spacial score (nSPS) is 23.3. The maximum Gasteiger partial charge on any atom is 0.119 e. The molecule has 1 saturated carbocycles. The molecule has 2 rings (SSSR count). The van der Waals surface area contributed by atoms with Crippen LogP contribution < -0.4 is 10.1 Å². The number of benzene rings is 1. The molecule has 1 aliphatic carbocycles. The minimum Gasteiger partial charge on any atom is -0.494 e. The minimum absolute atomic E-state index is 0.707. The second kappa shape index (κ2) is 7.54. The second-order valence-corrected chi connectivity index (χ2v) is 5.59. The van der Waals surface area contributed by atoms with Gasteiger partial charge in [-0.3, -0.25) is 0 Å². The first kappa shape index (κ1) is 14.4. The average Bonchev–Trinajstić information content (AvgIpc) is 2.46. The van der Waals surface area contributed by atoms with Crippen molar-refractivity contribution in [1.82, 2.24) is 5.32 Å². The van der Waals surface area contributed by atoms with Gasteiger partial charge in [0.1, 0.15) is 5.75 Å². The van der Waals surface area contributed by atoms with Crippen molar-refractivity contribution in [3.05, 3.63) is 29.8 Å². The standard InChI is InChI=1S/C17H27NO/c1-3-14-8-10-16(11-9-14)18-13-15-6-5-7-17(12-15)19-4-2/h5-7,12,14,16,18H,3-4,8-11,13H2,1-2H3. The molecule has 1 aliphatic rings. The molecule has 106 valence electrons. The highest BCUT2D eigenvalue weighted by Gasteiger charge is 2.19. The fourth-order valence-corrected chi connectivity index (χ4v) is 2.95. The highest BCUT2D eigenvalue weighted by atomic mass is 16.5. The maximum atomic E-state index is 5.54. The Labute approximate surface area is 117 Å². The summed E-state index contributed by atoms with van der Waals surface area (Å²) in [6, 6.07) is 9.13. The van der Waals surface area contributed by atoms with Gasteiger partial charge in [0, 0.05) is 12.6 Å². The Kier molecular flexibility index (Phi) is 5.71. The number of hydrogen-bond acceptors (Lipinski definition) is 2. The van der Waals surface area contributed by atoms with Gasteiger partial charge in [0.15, 0.2) is 0 Å². The van der Waals surface area contributed by atoms with Crippen LogP contribution in [0.25, 0.3) is 0 Å². The first-order chi connectivity index (χ1) is 9.31. The summed E-state index contributed by atoms with van der Waals surface area (Å²) in [4.78, 5) is 0. The average molecular weight is 261 g/mol. The van der Waals surface area contributed by atoms with E-state index in [9.17, 15) is 0 Å². The Hall–Kier alpha value is -1.02. The van der Waals surface area contributed by atoms with E-state index in [0.29, 0.717) is 6.04 Å². The van der Waals surface area contributed by atoms with Gasteiger partial charge in [-0.25, -0.2) is 0 Å². The Balaban J connectivity index is 1.77. The molecule has 1 aromatic carbocycles. The molecule has 0 spiro atoms. The summed E-state index contributed by atoms with van der Waals surface area (Å²) in [6.07, 6.45) is 6.82. The Bertz CT molecular complexity index is 369. The molecule has 0 radical (unpaired) electrons. The van der Waals surface area contributed by atoms with E-state index in [0.717, 1.165) is 24.8 Å². The molecule has 2 nitrogen and oxygen atoms in total. The van der Waals surface area contributed by atoms with Gasteiger partial charge in [0.25, 0.3) is 0 Å². The Morgan fingerprint density at radius 1 is 1.16 bits per heavy atom. The fourth-order valence-electron chi connectivity index (χ4n) is 2.95. The van der Waals surface area contributed by atoms with Crippen LogP contribution in [0.2, 0.25) is 0 Å². The van der Waals surface area contributed by atoms with Gasteiger partial charge in [-0.15, -0.1) is 0 Å².